The number of para-hydroxylation sites is 1. The summed E-state index contributed by atoms with van der Waals surface area (Å²) in [6.45, 7) is 1.72. The summed E-state index contributed by atoms with van der Waals surface area (Å²) < 4.78 is 0. The van der Waals surface area contributed by atoms with Crippen LogP contribution in [0.4, 0.5) is 0 Å². The van der Waals surface area contributed by atoms with Crippen LogP contribution in [-0.2, 0) is 19.5 Å². The molecule has 4 rings (SSSR count). The van der Waals surface area contributed by atoms with Gasteiger partial charge in [-0.05, 0) is 6.07 Å². The predicted molar refractivity (Wildman–Crippen MR) is 96.8 cm³/mol. The molecular formula is C18H16ClN5O2. The smallest absolute Gasteiger partial charge is 0.255 e. The normalized spacial score (nSPS) is 14.2. The van der Waals surface area contributed by atoms with Crippen LogP contribution in [0.25, 0.3) is 11.4 Å². The van der Waals surface area contributed by atoms with Crippen molar-refractivity contribution in [1.82, 2.24) is 24.8 Å². The molecule has 2 aromatic heterocycles. The number of hydrogen-bond donors (Lipinski definition) is 2. The molecule has 1 aliphatic rings. The van der Waals surface area contributed by atoms with E-state index in [2.05, 4.69) is 24.8 Å². The Bertz CT molecular complexity index is 1010. The molecule has 0 saturated carbocycles. The Morgan fingerprint density at radius 2 is 2.08 bits per heavy atom. The quantitative estimate of drug-likeness (QED) is 0.734. The zero-order valence-corrected chi connectivity index (χ0v) is 14.6. The molecule has 26 heavy (non-hydrogen) atoms. The number of halogens is 1. The average Bonchev–Trinajstić information content (AvgIpc) is 2.66. The molecule has 0 bridgehead atoms. The average molecular weight is 370 g/mol. The molecule has 0 aliphatic carbocycles. The molecule has 2 N–H and O–H groups in total. The van der Waals surface area contributed by atoms with Crippen LogP contribution < -0.4 is 5.56 Å². The minimum atomic E-state index is -0.158. The van der Waals surface area contributed by atoms with Crippen LogP contribution in [0.2, 0.25) is 5.02 Å². The van der Waals surface area contributed by atoms with Gasteiger partial charge in [-0.15, -0.1) is 0 Å². The van der Waals surface area contributed by atoms with Crippen LogP contribution in [0, 0.1) is 0 Å². The molecule has 0 amide bonds. The highest BCUT2D eigenvalue weighted by molar-refractivity contribution is 6.32. The standard InChI is InChI=1S/C18H16ClN5O2/c19-14-3-1-2-11(16(14)25)8-24-5-4-15-13(9-24)18(26)23-17(22-15)12-6-20-10-21-7-12/h1-3,6-7,10,25H,4-5,8-9H2,(H,22,23,26). The second-order valence-corrected chi connectivity index (χ2v) is 6.58. The van der Waals surface area contributed by atoms with Crippen LogP contribution >= 0.6 is 11.6 Å². The van der Waals surface area contributed by atoms with Crippen molar-refractivity contribution in [2.45, 2.75) is 19.5 Å². The maximum Gasteiger partial charge on any atom is 0.255 e. The van der Waals surface area contributed by atoms with E-state index < -0.39 is 0 Å². The van der Waals surface area contributed by atoms with Crippen LogP contribution in [0.15, 0.2) is 41.7 Å². The summed E-state index contributed by atoms with van der Waals surface area (Å²) in [5, 5.41) is 10.4. The topological polar surface area (TPSA) is 95.0 Å². The van der Waals surface area contributed by atoms with E-state index in [4.69, 9.17) is 11.6 Å². The Hall–Kier alpha value is -2.77. The van der Waals surface area contributed by atoms with E-state index in [0.717, 1.165) is 17.8 Å². The number of fused-ring (bicyclic) bond motifs is 1. The van der Waals surface area contributed by atoms with Crippen molar-refractivity contribution < 1.29 is 5.11 Å². The third-order valence-corrected chi connectivity index (χ3v) is 4.75. The van der Waals surface area contributed by atoms with E-state index in [1.807, 2.05) is 6.07 Å². The number of nitrogens with zero attached hydrogens (tertiary/aromatic N) is 4. The highest BCUT2D eigenvalue weighted by Crippen LogP contribution is 2.29. The highest BCUT2D eigenvalue weighted by atomic mass is 35.5. The first-order valence-electron chi connectivity index (χ1n) is 8.18. The fourth-order valence-corrected chi connectivity index (χ4v) is 3.30. The van der Waals surface area contributed by atoms with E-state index in [1.54, 1.807) is 24.5 Å². The summed E-state index contributed by atoms with van der Waals surface area (Å²) >= 11 is 5.97. The van der Waals surface area contributed by atoms with Gasteiger partial charge in [-0.3, -0.25) is 9.69 Å². The summed E-state index contributed by atoms with van der Waals surface area (Å²) in [6.07, 6.45) is 5.33. The molecule has 0 fully saturated rings. The Balaban J connectivity index is 1.60. The fraction of sp³-hybridized carbons (Fsp3) is 0.222. The van der Waals surface area contributed by atoms with E-state index >= 15 is 0 Å². The van der Waals surface area contributed by atoms with Gasteiger partial charge in [0.1, 0.15) is 17.9 Å². The van der Waals surface area contributed by atoms with Gasteiger partial charge in [0.2, 0.25) is 0 Å². The largest absolute Gasteiger partial charge is 0.506 e. The maximum atomic E-state index is 12.5. The number of H-pyrrole nitrogens is 1. The summed E-state index contributed by atoms with van der Waals surface area (Å²) in [7, 11) is 0. The number of aromatic hydroxyl groups is 1. The van der Waals surface area contributed by atoms with Gasteiger partial charge in [-0.25, -0.2) is 15.0 Å². The molecule has 0 unspecified atom stereocenters. The molecular weight excluding hydrogens is 354 g/mol. The van der Waals surface area contributed by atoms with Crippen molar-refractivity contribution in [2.75, 3.05) is 6.54 Å². The summed E-state index contributed by atoms with van der Waals surface area (Å²) in [5.74, 6) is 0.571. The molecule has 3 aromatic rings. The number of nitrogens with one attached hydrogen (secondary N) is 1. The first-order chi connectivity index (χ1) is 12.6. The van der Waals surface area contributed by atoms with Gasteiger partial charge < -0.3 is 10.1 Å². The van der Waals surface area contributed by atoms with Crippen molar-refractivity contribution in [3.8, 4) is 17.1 Å². The Labute approximate surface area is 154 Å². The number of rotatable bonds is 3. The van der Waals surface area contributed by atoms with E-state index in [1.165, 1.54) is 6.33 Å². The first kappa shape index (κ1) is 16.7. The highest BCUT2D eigenvalue weighted by Gasteiger charge is 2.22. The van der Waals surface area contributed by atoms with E-state index in [-0.39, 0.29) is 11.3 Å². The lowest BCUT2D eigenvalue weighted by atomic mass is 10.1. The van der Waals surface area contributed by atoms with Crippen LogP contribution in [0.5, 0.6) is 5.75 Å². The third kappa shape index (κ3) is 3.18. The molecule has 7 nitrogen and oxygen atoms in total. The van der Waals surface area contributed by atoms with Crippen LogP contribution in [0.3, 0.4) is 0 Å². The Morgan fingerprint density at radius 3 is 2.88 bits per heavy atom. The molecule has 0 saturated heterocycles. The maximum absolute atomic E-state index is 12.5. The lowest BCUT2D eigenvalue weighted by molar-refractivity contribution is 0.239. The predicted octanol–water partition coefficient (Wildman–Crippen LogP) is 2.14. The third-order valence-electron chi connectivity index (χ3n) is 4.45. The first-order valence-corrected chi connectivity index (χ1v) is 8.56. The van der Waals surface area contributed by atoms with Crippen molar-refractivity contribution in [3.05, 3.63) is 69.1 Å². The molecule has 3 heterocycles. The minimum absolute atomic E-state index is 0.0893. The summed E-state index contributed by atoms with van der Waals surface area (Å²) in [4.78, 5) is 30.0. The van der Waals surface area contributed by atoms with Gasteiger partial charge in [-0.2, -0.15) is 0 Å². The van der Waals surface area contributed by atoms with E-state index in [9.17, 15) is 9.90 Å². The molecule has 1 aromatic carbocycles. The second kappa shape index (κ2) is 6.86. The molecule has 0 radical (unpaired) electrons. The number of phenols is 1. The van der Waals surface area contributed by atoms with Gasteiger partial charge in [0.15, 0.2) is 0 Å². The van der Waals surface area contributed by atoms with Gasteiger partial charge in [0.05, 0.1) is 21.8 Å². The fourth-order valence-electron chi connectivity index (χ4n) is 3.10. The monoisotopic (exact) mass is 369 g/mol. The Morgan fingerprint density at radius 1 is 1.27 bits per heavy atom. The zero-order chi connectivity index (χ0) is 18.1. The van der Waals surface area contributed by atoms with Gasteiger partial charge in [-0.1, -0.05) is 23.7 Å². The van der Waals surface area contributed by atoms with Crippen molar-refractivity contribution in [2.24, 2.45) is 0 Å². The number of benzene rings is 1. The second-order valence-electron chi connectivity index (χ2n) is 6.18. The van der Waals surface area contributed by atoms with E-state index in [0.29, 0.717) is 41.5 Å². The Kier molecular flexibility index (Phi) is 4.40. The van der Waals surface area contributed by atoms with Gasteiger partial charge >= 0.3 is 0 Å². The number of aromatic nitrogens is 4. The molecule has 0 spiro atoms. The zero-order valence-electron chi connectivity index (χ0n) is 13.8. The van der Waals surface area contributed by atoms with Crippen LogP contribution in [-0.4, -0.2) is 36.5 Å². The molecule has 8 heteroatoms. The minimum Gasteiger partial charge on any atom is -0.506 e. The lowest BCUT2D eigenvalue weighted by Crippen LogP contribution is -2.35. The molecule has 1 aliphatic heterocycles. The molecule has 0 atom stereocenters. The summed E-state index contributed by atoms with van der Waals surface area (Å²) in [6, 6.07) is 5.28. The van der Waals surface area contributed by atoms with Crippen molar-refractivity contribution in [1.29, 1.82) is 0 Å². The van der Waals surface area contributed by atoms with Crippen molar-refractivity contribution >= 4 is 11.6 Å². The number of hydrogen-bond acceptors (Lipinski definition) is 6. The summed E-state index contributed by atoms with van der Waals surface area (Å²) in [5.41, 5.74) is 2.70. The molecule has 132 valence electrons. The lowest BCUT2D eigenvalue weighted by Gasteiger charge is -2.28. The number of phenolic OH excluding ortho intramolecular Hbond substituents is 1. The number of aromatic amines is 1. The van der Waals surface area contributed by atoms with Crippen molar-refractivity contribution in [3.63, 3.8) is 0 Å². The van der Waals surface area contributed by atoms with Gasteiger partial charge in [0, 0.05) is 44.0 Å². The van der Waals surface area contributed by atoms with Crippen LogP contribution in [0.1, 0.15) is 16.8 Å². The van der Waals surface area contributed by atoms with Gasteiger partial charge in [0.25, 0.3) is 5.56 Å². The SMILES string of the molecule is O=c1[nH]c(-c2cncnc2)nc2c1CN(Cc1cccc(Cl)c1O)CC2.